The zero-order valence-corrected chi connectivity index (χ0v) is 9.02. The Labute approximate surface area is 84.3 Å². The first-order valence-corrected chi connectivity index (χ1v) is 6.13. The average Bonchev–Trinajstić information content (AvgIpc) is 2.50. The fraction of sp³-hybridized carbons (Fsp3) is 1.00. The van der Waals surface area contributed by atoms with Gasteiger partial charge in [0.1, 0.15) is 0 Å². The van der Waals surface area contributed by atoms with Crippen molar-refractivity contribution in [3.8, 4) is 0 Å². The number of hydrogen-bond acceptors (Lipinski definition) is 4. The fourth-order valence-corrected chi connectivity index (χ4v) is 2.29. The molecule has 1 heterocycles. The first kappa shape index (κ1) is 11.9. The van der Waals surface area contributed by atoms with Crippen molar-refractivity contribution in [1.82, 2.24) is 14.8 Å². The van der Waals surface area contributed by atoms with Crippen LogP contribution in [0, 0.1) is 0 Å². The van der Waals surface area contributed by atoms with Crippen molar-refractivity contribution in [2.75, 3.05) is 26.2 Å². The number of rotatable bonds is 5. The molecular formula is C7H17N3O3S. The van der Waals surface area contributed by atoms with Crippen LogP contribution in [0.15, 0.2) is 0 Å². The van der Waals surface area contributed by atoms with Crippen molar-refractivity contribution in [3.05, 3.63) is 0 Å². The summed E-state index contributed by atoms with van der Waals surface area (Å²) < 4.78 is 27.0. The Hall–Kier alpha value is -0.210. The van der Waals surface area contributed by atoms with Crippen LogP contribution in [0.3, 0.4) is 0 Å². The lowest BCUT2D eigenvalue weighted by Crippen LogP contribution is -2.47. The second-order valence-corrected chi connectivity index (χ2v) is 5.06. The lowest BCUT2D eigenvalue weighted by molar-refractivity contribution is 0.0667. The van der Waals surface area contributed by atoms with E-state index < -0.39 is 15.8 Å². The van der Waals surface area contributed by atoms with Crippen molar-refractivity contribution < 1.29 is 13.5 Å². The lowest BCUT2D eigenvalue weighted by Gasteiger charge is -2.21. The molecule has 0 radical (unpaired) electrons. The van der Waals surface area contributed by atoms with Crippen molar-refractivity contribution in [2.45, 2.75) is 18.9 Å². The van der Waals surface area contributed by atoms with E-state index in [9.17, 15) is 13.5 Å². The van der Waals surface area contributed by atoms with Crippen LogP contribution >= 0.6 is 0 Å². The van der Waals surface area contributed by atoms with Crippen LogP contribution in [-0.4, -0.2) is 45.3 Å². The Balaban J connectivity index is 2.39. The molecule has 1 atom stereocenters. The molecule has 0 aromatic carbocycles. The molecule has 1 saturated heterocycles. The van der Waals surface area contributed by atoms with Crippen LogP contribution in [0.5, 0.6) is 0 Å². The largest absolute Gasteiger partial charge is 0.387 e. The van der Waals surface area contributed by atoms with Gasteiger partial charge in [0.2, 0.25) is 0 Å². The van der Waals surface area contributed by atoms with E-state index in [0.717, 1.165) is 6.54 Å². The van der Waals surface area contributed by atoms with E-state index in [-0.39, 0.29) is 6.54 Å². The minimum Gasteiger partial charge on any atom is -0.387 e. The number of hydrogen-bond donors (Lipinski definition) is 4. The predicted molar refractivity (Wildman–Crippen MR) is 53.0 cm³/mol. The summed E-state index contributed by atoms with van der Waals surface area (Å²) in [6.07, 6.45) is 0.571. The molecule has 1 aliphatic heterocycles. The van der Waals surface area contributed by atoms with Gasteiger partial charge in [0.05, 0.1) is 5.60 Å². The molecular weight excluding hydrogens is 206 g/mol. The summed E-state index contributed by atoms with van der Waals surface area (Å²) >= 11 is 0. The molecule has 0 bridgehead atoms. The van der Waals surface area contributed by atoms with E-state index in [0.29, 0.717) is 19.5 Å². The number of aliphatic hydroxyl groups is 1. The van der Waals surface area contributed by atoms with E-state index in [4.69, 9.17) is 0 Å². The maximum absolute atomic E-state index is 11.2. The molecule has 0 spiro atoms. The van der Waals surface area contributed by atoms with Crippen LogP contribution in [0.1, 0.15) is 13.3 Å². The molecule has 6 nitrogen and oxygen atoms in total. The van der Waals surface area contributed by atoms with Gasteiger partial charge in [-0.2, -0.15) is 13.1 Å². The lowest BCUT2D eigenvalue weighted by atomic mass is 10.1. The molecule has 1 fully saturated rings. The molecule has 1 aliphatic rings. The van der Waals surface area contributed by atoms with Crippen LogP contribution < -0.4 is 14.8 Å². The average molecular weight is 223 g/mol. The van der Waals surface area contributed by atoms with E-state index in [1.54, 1.807) is 6.92 Å². The van der Waals surface area contributed by atoms with Gasteiger partial charge in [0.25, 0.3) is 10.2 Å². The maximum atomic E-state index is 11.2. The SMILES string of the molecule is CCNS(=O)(=O)NCC1(O)CCNC1. The maximum Gasteiger partial charge on any atom is 0.276 e. The minimum atomic E-state index is -3.45. The Kier molecular flexibility index (Phi) is 3.85. The van der Waals surface area contributed by atoms with Crippen molar-refractivity contribution >= 4 is 10.2 Å². The molecule has 14 heavy (non-hydrogen) atoms. The summed E-state index contributed by atoms with van der Waals surface area (Å²) in [5.74, 6) is 0. The van der Waals surface area contributed by atoms with Gasteiger partial charge < -0.3 is 10.4 Å². The second-order valence-electron chi connectivity index (χ2n) is 3.47. The molecule has 0 amide bonds. The quantitative estimate of drug-likeness (QED) is 0.440. The summed E-state index contributed by atoms with van der Waals surface area (Å²) in [6, 6.07) is 0. The smallest absolute Gasteiger partial charge is 0.276 e. The highest BCUT2D eigenvalue weighted by Gasteiger charge is 2.31. The molecule has 84 valence electrons. The van der Waals surface area contributed by atoms with Crippen LogP contribution in [0.25, 0.3) is 0 Å². The van der Waals surface area contributed by atoms with Crippen molar-refractivity contribution in [1.29, 1.82) is 0 Å². The highest BCUT2D eigenvalue weighted by Crippen LogP contribution is 2.12. The molecule has 7 heteroatoms. The van der Waals surface area contributed by atoms with Gasteiger partial charge in [0, 0.05) is 19.6 Å². The number of β-amino-alcohol motifs (C(OH)–C–C–N with tert-alkyl or cyclic N) is 1. The fourth-order valence-electron chi connectivity index (χ4n) is 1.35. The first-order valence-electron chi connectivity index (χ1n) is 4.65. The summed E-state index contributed by atoms with van der Waals surface area (Å²) in [7, 11) is -3.45. The summed E-state index contributed by atoms with van der Waals surface area (Å²) in [4.78, 5) is 0. The third kappa shape index (κ3) is 3.50. The van der Waals surface area contributed by atoms with Gasteiger partial charge in [-0.25, -0.2) is 4.72 Å². The zero-order chi connectivity index (χ0) is 10.7. The highest BCUT2D eigenvalue weighted by molar-refractivity contribution is 7.87. The normalized spacial score (nSPS) is 28.1. The molecule has 0 aliphatic carbocycles. The molecule has 0 aromatic rings. The van der Waals surface area contributed by atoms with E-state index in [1.165, 1.54) is 0 Å². The van der Waals surface area contributed by atoms with Crippen LogP contribution in [-0.2, 0) is 10.2 Å². The van der Waals surface area contributed by atoms with Crippen molar-refractivity contribution in [2.24, 2.45) is 0 Å². The van der Waals surface area contributed by atoms with Gasteiger partial charge in [0.15, 0.2) is 0 Å². The summed E-state index contributed by atoms with van der Waals surface area (Å²) in [5, 5.41) is 12.8. The first-order chi connectivity index (χ1) is 6.47. The topological polar surface area (TPSA) is 90.5 Å². The predicted octanol–water partition coefficient (Wildman–Crippen LogP) is -1.85. The van der Waals surface area contributed by atoms with Gasteiger partial charge >= 0.3 is 0 Å². The van der Waals surface area contributed by atoms with Gasteiger partial charge in [-0.05, 0) is 13.0 Å². The zero-order valence-electron chi connectivity index (χ0n) is 8.21. The standard InChI is InChI=1S/C7H17N3O3S/c1-2-9-14(12,13)10-6-7(11)3-4-8-5-7/h8-11H,2-6H2,1H3. The van der Waals surface area contributed by atoms with Gasteiger partial charge in [-0.15, -0.1) is 0 Å². The van der Waals surface area contributed by atoms with Crippen LogP contribution in [0.2, 0.25) is 0 Å². The third-order valence-electron chi connectivity index (χ3n) is 2.15. The summed E-state index contributed by atoms with van der Waals surface area (Å²) in [6.45, 7) is 3.24. The molecule has 1 rings (SSSR count). The van der Waals surface area contributed by atoms with E-state index in [2.05, 4.69) is 14.8 Å². The minimum absolute atomic E-state index is 0.0509. The van der Waals surface area contributed by atoms with E-state index >= 15 is 0 Å². The van der Waals surface area contributed by atoms with Crippen LogP contribution in [0.4, 0.5) is 0 Å². The Morgan fingerprint density at radius 2 is 2.21 bits per heavy atom. The Morgan fingerprint density at radius 3 is 2.71 bits per heavy atom. The van der Waals surface area contributed by atoms with Gasteiger partial charge in [-0.3, -0.25) is 0 Å². The van der Waals surface area contributed by atoms with E-state index in [1.807, 2.05) is 0 Å². The Morgan fingerprint density at radius 1 is 1.50 bits per heavy atom. The second kappa shape index (κ2) is 4.54. The van der Waals surface area contributed by atoms with Gasteiger partial charge in [-0.1, -0.05) is 6.92 Å². The summed E-state index contributed by atoms with van der Waals surface area (Å²) in [5.41, 5.74) is -0.942. The molecule has 0 saturated carbocycles. The third-order valence-corrected chi connectivity index (χ3v) is 3.34. The highest BCUT2D eigenvalue weighted by atomic mass is 32.2. The molecule has 1 unspecified atom stereocenters. The monoisotopic (exact) mass is 223 g/mol. The molecule has 0 aromatic heterocycles. The van der Waals surface area contributed by atoms with Crippen molar-refractivity contribution in [3.63, 3.8) is 0 Å². The number of nitrogens with one attached hydrogen (secondary N) is 3. The Bertz CT molecular complexity index is 272. The molecule has 4 N–H and O–H groups in total.